The molecule has 16 heavy (non-hydrogen) atoms. The quantitative estimate of drug-likeness (QED) is 0.495. The van der Waals surface area contributed by atoms with Crippen LogP contribution in [0.4, 0.5) is 0 Å². The number of carbonyl (C=O) groups excluding carboxylic acids is 2. The van der Waals surface area contributed by atoms with Gasteiger partial charge in [-0.3, -0.25) is 9.59 Å². The summed E-state index contributed by atoms with van der Waals surface area (Å²) in [4.78, 5) is 16.5. The first kappa shape index (κ1) is 16.4. The smallest absolute Gasteiger partial charge is 0.0159 e. The van der Waals surface area contributed by atoms with E-state index in [9.17, 15) is 0 Å². The van der Waals surface area contributed by atoms with Crippen LogP contribution in [0.5, 0.6) is 0 Å². The second kappa shape index (κ2) is 9.53. The summed E-state index contributed by atoms with van der Waals surface area (Å²) < 4.78 is 0. The molecule has 0 saturated heterocycles. The highest BCUT2D eigenvalue weighted by atomic mass is 16.1. The van der Waals surface area contributed by atoms with Crippen LogP contribution in [0.15, 0.2) is 12.1 Å². The number of hydrogen-bond donors (Lipinski definition) is 0. The van der Waals surface area contributed by atoms with Gasteiger partial charge >= 0.3 is 0 Å². The lowest BCUT2D eigenvalue weighted by Crippen LogP contribution is -1.86. The van der Waals surface area contributed by atoms with Gasteiger partial charge in [0, 0.05) is 0 Å². The Kier molecular flexibility index (Phi) is 9.78. The molecule has 0 radical (unpaired) electrons. The van der Waals surface area contributed by atoms with Crippen LogP contribution >= 0.6 is 0 Å². The van der Waals surface area contributed by atoms with Crippen molar-refractivity contribution in [1.29, 1.82) is 0 Å². The Bertz CT molecular complexity index is 337. The molecule has 0 fully saturated rings. The number of aryl methyl sites for hydroxylation is 4. The van der Waals surface area contributed by atoms with Crippen LogP contribution in [0.1, 0.15) is 22.3 Å². The summed E-state index contributed by atoms with van der Waals surface area (Å²) in [5, 5.41) is 13.5. The highest BCUT2D eigenvalue weighted by Crippen LogP contribution is 2.13. The third kappa shape index (κ3) is 7.39. The van der Waals surface area contributed by atoms with Crippen LogP contribution in [-0.2, 0) is 9.59 Å². The summed E-state index contributed by atoms with van der Waals surface area (Å²) in [6, 6.07) is 4.48. The van der Waals surface area contributed by atoms with Crippen LogP contribution in [0.2, 0.25) is 0 Å². The van der Waals surface area contributed by atoms with Crippen molar-refractivity contribution in [2.24, 2.45) is 0 Å². The highest BCUT2D eigenvalue weighted by molar-refractivity contribution is 5.37. The van der Waals surface area contributed by atoms with E-state index in [2.05, 4.69) is 39.8 Å². The van der Waals surface area contributed by atoms with Gasteiger partial charge in [-0.05, 0) is 62.1 Å². The van der Waals surface area contributed by atoms with Crippen molar-refractivity contribution < 1.29 is 9.59 Å². The van der Waals surface area contributed by atoms with Gasteiger partial charge in [-0.15, -0.1) is 0 Å². The molecular formula is C12H14N2O2-2. The lowest BCUT2D eigenvalue weighted by atomic mass is 10.0. The van der Waals surface area contributed by atoms with Gasteiger partial charge in [-0.25, -0.2) is 0 Å². The zero-order chi connectivity index (χ0) is 13.1. The minimum atomic E-state index is 0.500. The van der Waals surface area contributed by atoms with E-state index in [0.717, 1.165) is 0 Å². The molecule has 4 nitrogen and oxygen atoms in total. The summed E-state index contributed by atoms with van der Waals surface area (Å²) in [7, 11) is 0. The first-order valence-electron chi connectivity index (χ1n) is 4.51. The molecule has 0 aliphatic heterocycles. The van der Waals surface area contributed by atoms with E-state index in [0.29, 0.717) is 12.2 Å². The van der Waals surface area contributed by atoms with Gasteiger partial charge in [0.05, 0.1) is 0 Å². The van der Waals surface area contributed by atoms with Crippen LogP contribution in [0, 0.1) is 27.7 Å². The van der Waals surface area contributed by atoms with Crippen molar-refractivity contribution in [1.82, 2.24) is 0 Å². The lowest BCUT2D eigenvalue weighted by molar-refractivity contribution is 0.568. The first-order valence-corrected chi connectivity index (χ1v) is 4.51. The molecule has 0 aliphatic carbocycles. The van der Waals surface area contributed by atoms with Gasteiger partial charge in [0.25, 0.3) is 0 Å². The van der Waals surface area contributed by atoms with Crippen molar-refractivity contribution in [2.75, 3.05) is 0 Å². The van der Waals surface area contributed by atoms with E-state index in [1.165, 1.54) is 22.3 Å². The maximum atomic E-state index is 8.24. The van der Waals surface area contributed by atoms with E-state index in [1.807, 2.05) is 0 Å². The number of isocyanates is 2. The molecule has 1 aromatic carbocycles. The largest absolute Gasteiger partial charge is 0.724 e. The Morgan fingerprint density at radius 1 is 0.750 bits per heavy atom. The van der Waals surface area contributed by atoms with E-state index in [-0.39, 0.29) is 0 Å². The number of nitrogens with zero attached hydrogens (tertiary/aromatic N) is 2. The molecule has 0 bridgehead atoms. The lowest BCUT2D eigenvalue weighted by Gasteiger charge is -2.04. The molecule has 0 atom stereocenters. The first-order chi connectivity index (χ1) is 7.44. The predicted molar refractivity (Wildman–Crippen MR) is 63.5 cm³/mol. The third-order valence-electron chi connectivity index (χ3n) is 2.11. The van der Waals surface area contributed by atoms with Crippen LogP contribution in [0.25, 0.3) is 10.8 Å². The van der Waals surface area contributed by atoms with Crippen LogP contribution in [0.3, 0.4) is 0 Å². The number of rotatable bonds is 0. The SMILES string of the molecule is Cc1cc(C)c(C)cc1C.[N-]=C=O.[N-]=C=O. The fourth-order valence-electron chi connectivity index (χ4n) is 1.10. The molecule has 0 aliphatic rings. The van der Waals surface area contributed by atoms with E-state index in [4.69, 9.17) is 20.4 Å². The summed E-state index contributed by atoms with van der Waals surface area (Å²) in [5.74, 6) is 0. The van der Waals surface area contributed by atoms with E-state index in [1.54, 1.807) is 0 Å². The Balaban J connectivity index is 0. The van der Waals surface area contributed by atoms with Crippen LogP contribution < -0.4 is 0 Å². The standard InChI is InChI=1S/C10H14.2CNO/c1-7-5-9(3)10(4)6-8(7)2;2*2-1-3/h5-6H,1-4H3;;/q;2*-1. The zero-order valence-corrected chi connectivity index (χ0v) is 9.87. The molecule has 1 rings (SSSR count). The summed E-state index contributed by atoms with van der Waals surface area (Å²) in [6.07, 6.45) is 1.00. The fraction of sp³-hybridized carbons (Fsp3) is 0.333. The van der Waals surface area contributed by atoms with Gasteiger partial charge in [-0.2, -0.15) is 0 Å². The molecule has 86 valence electrons. The average molecular weight is 218 g/mol. The minimum Gasteiger partial charge on any atom is -0.724 e. The molecule has 0 heterocycles. The summed E-state index contributed by atoms with van der Waals surface area (Å²) in [5.41, 5.74) is 5.57. The Hall–Kier alpha value is -2.02. The minimum absolute atomic E-state index is 0.500. The molecule has 0 N–H and O–H groups in total. The average Bonchev–Trinajstić information content (AvgIpc) is 2.17. The number of hydrogen-bond acceptors (Lipinski definition) is 2. The molecule has 1 aromatic rings. The maximum Gasteiger partial charge on any atom is -0.0159 e. The Morgan fingerprint density at radius 3 is 1.00 bits per heavy atom. The summed E-state index contributed by atoms with van der Waals surface area (Å²) >= 11 is 0. The number of benzene rings is 1. The monoisotopic (exact) mass is 218 g/mol. The second-order valence-corrected chi connectivity index (χ2v) is 3.20. The Morgan fingerprint density at radius 2 is 0.875 bits per heavy atom. The molecule has 0 aromatic heterocycles. The van der Waals surface area contributed by atoms with Crippen molar-refractivity contribution in [3.05, 3.63) is 45.2 Å². The fourth-order valence-corrected chi connectivity index (χ4v) is 1.10. The molecular weight excluding hydrogens is 204 g/mol. The van der Waals surface area contributed by atoms with Gasteiger partial charge in [0.2, 0.25) is 0 Å². The molecule has 0 unspecified atom stereocenters. The van der Waals surface area contributed by atoms with Crippen molar-refractivity contribution in [3.8, 4) is 0 Å². The molecule has 0 saturated carbocycles. The normalized spacial score (nSPS) is 7.25. The molecule has 0 amide bonds. The molecule has 4 heteroatoms. The highest BCUT2D eigenvalue weighted by Gasteiger charge is 1.95. The molecule has 0 spiro atoms. The third-order valence-corrected chi connectivity index (χ3v) is 2.11. The van der Waals surface area contributed by atoms with Gasteiger partial charge < -0.3 is 10.8 Å². The zero-order valence-electron chi connectivity index (χ0n) is 9.87. The van der Waals surface area contributed by atoms with Gasteiger partial charge in [-0.1, -0.05) is 12.1 Å². The summed E-state index contributed by atoms with van der Waals surface area (Å²) in [6.45, 7) is 8.62. The van der Waals surface area contributed by atoms with Crippen LogP contribution in [-0.4, -0.2) is 12.2 Å². The van der Waals surface area contributed by atoms with Gasteiger partial charge in [0.15, 0.2) is 0 Å². The predicted octanol–water partition coefficient (Wildman–Crippen LogP) is 2.70. The van der Waals surface area contributed by atoms with Crippen molar-refractivity contribution >= 4 is 12.2 Å². The van der Waals surface area contributed by atoms with E-state index < -0.39 is 0 Å². The van der Waals surface area contributed by atoms with E-state index >= 15 is 0 Å². The van der Waals surface area contributed by atoms with Crippen molar-refractivity contribution in [3.63, 3.8) is 0 Å². The van der Waals surface area contributed by atoms with Crippen molar-refractivity contribution in [2.45, 2.75) is 27.7 Å². The maximum absolute atomic E-state index is 8.24. The Labute approximate surface area is 95.3 Å². The van der Waals surface area contributed by atoms with Gasteiger partial charge in [0.1, 0.15) is 0 Å². The topological polar surface area (TPSA) is 78.7 Å². The second-order valence-electron chi connectivity index (χ2n) is 3.20.